The van der Waals surface area contributed by atoms with Gasteiger partial charge in [0.1, 0.15) is 0 Å². The van der Waals surface area contributed by atoms with Gasteiger partial charge in [0.2, 0.25) is 0 Å². The molecule has 0 bridgehead atoms. The van der Waals surface area contributed by atoms with E-state index in [1.165, 1.54) is 0 Å². The molecule has 1 aliphatic carbocycles. The van der Waals surface area contributed by atoms with Crippen LogP contribution in [-0.2, 0) is 4.79 Å². The quantitative estimate of drug-likeness (QED) is 0.808. The summed E-state index contributed by atoms with van der Waals surface area (Å²) >= 11 is 0. The van der Waals surface area contributed by atoms with Crippen LogP contribution in [0.5, 0.6) is 11.5 Å². The second kappa shape index (κ2) is 7.34. The lowest BCUT2D eigenvalue weighted by Gasteiger charge is -2.28. The van der Waals surface area contributed by atoms with Crippen LogP contribution in [0.3, 0.4) is 0 Å². The SMILES string of the molecule is COc1ccccc1OCCC1(C(=O)O)CCCCCC1. The normalized spacial score (nSPS) is 17.8. The molecule has 0 saturated heterocycles. The lowest BCUT2D eigenvalue weighted by molar-refractivity contribution is -0.150. The summed E-state index contributed by atoms with van der Waals surface area (Å²) in [7, 11) is 1.60. The summed E-state index contributed by atoms with van der Waals surface area (Å²) in [5.74, 6) is 0.685. The Kier molecular flexibility index (Phi) is 5.48. The van der Waals surface area contributed by atoms with Crippen LogP contribution in [0.15, 0.2) is 24.3 Å². The van der Waals surface area contributed by atoms with E-state index in [2.05, 4.69) is 0 Å². The highest BCUT2D eigenvalue weighted by Gasteiger charge is 2.38. The molecule has 0 radical (unpaired) electrons. The van der Waals surface area contributed by atoms with Crippen LogP contribution < -0.4 is 9.47 Å². The highest BCUT2D eigenvalue weighted by atomic mass is 16.5. The van der Waals surface area contributed by atoms with E-state index in [-0.39, 0.29) is 0 Å². The molecule has 1 aromatic rings. The zero-order valence-electron chi connectivity index (χ0n) is 12.6. The van der Waals surface area contributed by atoms with Crippen molar-refractivity contribution < 1.29 is 19.4 Å². The third-order valence-electron chi connectivity index (χ3n) is 4.42. The largest absolute Gasteiger partial charge is 0.493 e. The molecular formula is C17H24O4. The molecule has 21 heavy (non-hydrogen) atoms. The zero-order valence-corrected chi connectivity index (χ0v) is 12.6. The molecule has 1 fully saturated rings. The summed E-state index contributed by atoms with van der Waals surface area (Å²) in [4.78, 5) is 11.7. The molecule has 1 aromatic carbocycles. The topological polar surface area (TPSA) is 55.8 Å². The van der Waals surface area contributed by atoms with Gasteiger partial charge in [-0.1, -0.05) is 37.8 Å². The summed E-state index contributed by atoms with van der Waals surface area (Å²) in [5.41, 5.74) is -0.613. The number of benzene rings is 1. The van der Waals surface area contributed by atoms with E-state index in [4.69, 9.17) is 9.47 Å². The lowest BCUT2D eigenvalue weighted by Crippen LogP contribution is -2.32. The highest BCUT2D eigenvalue weighted by molar-refractivity contribution is 5.74. The van der Waals surface area contributed by atoms with Crippen LogP contribution in [0.25, 0.3) is 0 Å². The third kappa shape index (κ3) is 3.90. The Morgan fingerprint density at radius 2 is 1.76 bits per heavy atom. The average Bonchev–Trinajstić information content (AvgIpc) is 2.74. The number of rotatable bonds is 6. The highest BCUT2D eigenvalue weighted by Crippen LogP contribution is 2.39. The van der Waals surface area contributed by atoms with E-state index in [1.807, 2.05) is 24.3 Å². The number of para-hydroxylation sites is 2. The number of hydrogen-bond donors (Lipinski definition) is 1. The molecule has 2 rings (SSSR count). The van der Waals surface area contributed by atoms with Gasteiger partial charge in [0.05, 0.1) is 19.1 Å². The number of methoxy groups -OCH3 is 1. The summed E-state index contributed by atoms with van der Waals surface area (Å²) in [5, 5.41) is 9.63. The summed E-state index contributed by atoms with van der Waals surface area (Å²) in [6.45, 7) is 0.409. The standard InChI is InChI=1S/C17H24O4/c1-20-14-8-4-5-9-15(14)21-13-12-17(16(18)19)10-6-2-3-7-11-17/h4-5,8-9H,2-3,6-7,10-13H2,1H3,(H,18,19). The molecule has 0 atom stereocenters. The van der Waals surface area contributed by atoms with E-state index < -0.39 is 11.4 Å². The van der Waals surface area contributed by atoms with Gasteiger partial charge in [-0.15, -0.1) is 0 Å². The molecule has 116 valence electrons. The fourth-order valence-corrected chi connectivity index (χ4v) is 3.07. The maximum Gasteiger partial charge on any atom is 0.309 e. The van der Waals surface area contributed by atoms with Gasteiger partial charge in [-0.3, -0.25) is 4.79 Å². The number of hydrogen-bond acceptors (Lipinski definition) is 3. The van der Waals surface area contributed by atoms with Gasteiger partial charge in [0, 0.05) is 0 Å². The maximum atomic E-state index is 11.7. The molecule has 4 heteroatoms. The fraction of sp³-hybridized carbons (Fsp3) is 0.588. The Labute approximate surface area is 126 Å². The number of carboxylic acid groups (broad SMARTS) is 1. The number of carbonyl (C=O) groups is 1. The van der Waals surface area contributed by atoms with Crippen LogP contribution in [0.4, 0.5) is 0 Å². The van der Waals surface area contributed by atoms with Gasteiger partial charge in [0.15, 0.2) is 11.5 Å². The van der Waals surface area contributed by atoms with Crippen LogP contribution in [0, 0.1) is 5.41 Å². The zero-order chi connectivity index (χ0) is 15.1. The first kappa shape index (κ1) is 15.7. The van der Waals surface area contributed by atoms with Gasteiger partial charge >= 0.3 is 5.97 Å². The minimum absolute atomic E-state index is 0.409. The fourth-order valence-electron chi connectivity index (χ4n) is 3.07. The van der Waals surface area contributed by atoms with E-state index in [0.717, 1.165) is 38.5 Å². The smallest absolute Gasteiger partial charge is 0.309 e. The lowest BCUT2D eigenvalue weighted by atomic mass is 9.78. The van der Waals surface area contributed by atoms with Crippen LogP contribution in [0.1, 0.15) is 44.9 Å². The summed E-state index contributed by atoms with van der Waals surface area (Å²) in [6.07, 6.45) is 6.36. The molecule has 0 amide bonds. The van der Waals surface area contributed by atoms with Crippen molar-refractivity contribution in [3.8, 4) is 11.5 Å². The Hall–Kier alpha value is -1.71. The molecule has 4 nitrogen and oxygen atoms in total. The predicted octanol–water partition coefficient (Wildman–Crippen LogP) is 3.89. The first-order chi connectivity index (χ1) is 10.2. The van der Waals surface area contributed by atoms with Crippen molar-refractivity contribution in [3.63, 3.8) is 0 Å². The van der Waals surface area contributed by atoms with Crippen molar-refractivity contribution in [1.29, 1.82) is 0 Å². The minimum atomic E-state index is -0.673. The second-order valence-corrected chi connectivity index (χ2v) is 5.75. The second-order valence-electron chi connectivity index (χ2n) is 5.75. The molecule has 1 N–H and O–H groups in total. The van der Waals surface area contributed by atoms with Crippen molar-refractivity contribution in [3.05, 3.63) is 24.3 Å². The molecule has 0 spiro atoms. The first-order valence-corrected chi connectivity index (χ1v) is 7.67. The van der Waals surface area contributed by atoms with E-state index in [9.17, 15) is 9.90 Å². The van der Waals surface area contributed by atoms with Crippen molar-refractivity contribution >= 4 is 5.97 Å². The van der Waals surface area contributed by atoms with E-state index in [1.54, 1.807) is 7.11 Å². The average molecular weight is 292 g/mol. The Bertz CT molecular complexity index is 462. The number of ether oxygens (including phenoxy) is 2. The molecule has 0 heterocycles. The summed E-state index contributed by atoms with van der Waals surface area (Å²) < 4.78 is 11.0. The monoisotopic (exact) mass is 292 g/mol. The van der Waals surface area contributed by atoms with E-state index >= 15 is 0 Å². The van der Waals surface area contributed by atoms with Crippen LogP contribution in [0.2, 0.25) is 0 Å². The molecule has 1 aliphatic rings. The maximum absolute atomic E-state index is 11.7. The number of aliphatic carboxylic acids is 1. The Morgan fingerprint density at radius 3 is 2.33 bits per heavy atom. The van der Waals surface area contributed by atoms with Gasteiger partial charge in [-0.05, 0) is 31.4 Å². The van der Waals surface area contributed by atoms with Crippen molar-refractivity contribution in [2.24, 2.45) is 5.41 Å². The predicted molar refractivity (Wildman–Crippen MR) is 80.9 cm³/mol. The molecule has 0 aliphatic heterocycles. The van der Waals surface area contributed by atoms with Gasteiger partial charge in [-0.2, -0.15) is 0 Å². The summed E-state index contributed by atoms with van der Waals surface area (Å²) in [6, 6.07) is 7.46. The van der Waals surface area contributed by atoms with Crippen LogP contribution >= 0.6 is 0 Å². The molecule has 1 saturated carbocycles. The van der Waals surface area contributed by atoms with Crippen LogP contribution in [-0.4, -0.2) is 24.8 Å². The third-order valence-corrected chi connectivity index (χ3v) is 4.42. The van der Waals surface area contributed by atoms with Crippen molar-refractivity contribution in [1.82, 2.24) is 0 Å². The Morgan fingerprint density at radius 1 is 1.14 bits per heavy atom. The number of carboxylic acids is 1. The molecular weight excluding hydrogens is 268 g/mol. The first-order valence-electron chi connectivity index (χ1n) is 7.67. The van der Waals surface area contributed by atoms with Gasteiger partial charge in [-0.25, -0.2) is 0 Å². The molecule has 0 aromatic heterocycles. The van der Waals surface area contributed by atoms with E-state index in [0.29, 0.717) is 24.5 Å². The van der Waals surface area contributed by atoms with Crippen molar-refractivity contribution in [2.75, 3.05) is 13.7 Å². The molecule has 0 unspecified atom stereocenters. The van der Waals surface area contributed by atoms with Gasteiger partial charge in [0.25, 0.3) is 0 Å². The minimum Gasteiger partial charge on any atom is -0.493 e. The Balaban J connectivity index is 1.97. The van der Waals surface area contributed by atoms with Crippen molar-refractivity contribution in [2.45, 2.75) is 44.9 Å². The van der Waals surface area contributed by atoms with Gasteiger partial charge < -0.3 is 14.6 Å².